The molecule has 4 rings (SSSR count). The molecule has 1 fully saturated rings. The second-order valence-corrected chi connectivity index (χ2v) is 8.96. The van der Waals surface area contributed by atoms with Crippen LogP contribution in [0.3, 0.4) is 0 Å². The smallest absolute Gasteiger partial charge is 0.321 e. The summed E-state index contributed by atoms with van der Waals surface area (Å²) in [7, 11) is 0. The van der Waals surface area contributed by atoms with Gasteiger partial charge in [0, 0.05) is 33.9 Å². The van der Waals surface area contributed by atoms with Crippen LogP contribution in [-0.4, -0.2) is 34.4 Å². The number of amides is 3. The monoisotopic (exact) mass is 448 g/mol. The van der Waals surface area contributed by atoms with Crippen molar-refractivity contribution in [1.82, 2.24) is 15.2 Å². The first-order chi connectivity index (χ1) is 13.1. The number of urea groups is 1. The molecule has 0 spiro atoms. The maximum atomic E-state index is 12.7. The second kappa shape index (κ2) is 7.98. The van der Waals surface area contributed by atoms with Crippen molar-refractivity contribution in [1.29, 1.82) is 0 Å². The molecule has 1 aliphatic heterocycles. The normalized spacial score (nSPS) is 16.9. The highest BCUT2D eigenvalue weighted by molar-refractivity contribution is 9.10. The molecule has 0 bridgehead atoms. The summed E-state index contributed by atoms with van der Waals surface area (Å²) >= 11 is 4.87. The highest BCUT2D eigenvalue weighted by Gasteiger charge is 2.26. The van der Waals surface area contributed by atoms with Gasteiger partial charge in [0.25, 0.3) is 5.91 Å². The maximum Gasteiger partial charge on any atom is 0.321 e. The number of benzene rings is 1. The summed E-state index contributed by atoms with van der Waals surface area (Å²) in [5, 5.41) is 6.47. The fourth-order valence-corrected chi connectivity index (χ4v) is 5.03. The molecule has 0 unspecified atom stereocenters. The molecule has 6 nitrogen and oxygen atoms in total. The van der Waals surface area contributed by atoms with Gasteiger partial charge in [0.1, 0.15) is 0 Å². The van der Waals surface area contributed by atoms with Crippen LogP contribution < -0.4 is 10.6 Å². The van der Waals surface area contributed by atoms with Gasteiger partial charge in [-0.1, -0.05) is 46.2 Å². The number of rotatable bonds is 3. The molecule has 142 valence electrons. The third-order valence-electron chi connectivity index (χ3n) is 5.00. The van der Waals surface area contributed by atoms with Crippen LogP contribution in [0.25, 0.3) is 0 Å². The Morgan fingerprint density at radius 3 is 2.85 bits per heavy atom. The van der Waals surface area contributed by atoms with Crippen LogP contribution in [0.2, 0.25) is 0 Å². The van der Waals surface area contributed by atoms with E-state index in [-0.39, 0.29) is 18.0 Å². The van der Waals surface area contributed by atoms with Gasteiger partial charge in [-0.05, 0) is 31.0 Å². The van der Waals surface area contributed by atoms with Gasteiger partial charge < -0.3 is 10.2 Å². The number of anilines is 1. The molecule has 0 atom stereocenters. The zero-order valence-corrected chi connectivity index (χ0v) is 17.2. The van der Waals surface area contributed by atoms with Gasteiger partial charge in [-0.25, -0.2) is 9.78 Å². The quantitative estimate of drug-likeness (QED) is 0.739. The van der Waals surface area contributed by atoms with Crippen LogP contribution in [0.1, 0.15) is 46.6 Å². The van der Waals surface area contributed by atoms with Crippen molar-refractivity contribution in [3.63, 3.8) is 0 Å². The van der Waals surface area contributed by atoms with Crippen LogP contribution >= 0.6 is 27.3 Å². The van der Waals surface area contributed by atoms with E-state index in [1.165, 1.54) is 24.2 Å². The van der Waals surface area contributed by atoms with E-state index in [2.05, 4.69) is 31.5 Å². The fraction of sp³-hybridized carbons (Fsp3) is 0.421. The molecule has 3 amide bonds. The van der Waals surface area contributed by atoms with E-state index in [0.717, 1.165) is 27.9 Å². The third-order valence-corrected chi connectivity index (χ3v) is 6.49. The Morgan fingerprint density at radius 2 is 2.07 bits per heavy atom. The topological polar surface area (TPSA) is 74.3 Å². The number of carbonyl (C=O) groups excluding carboxylic acids is 2. The van der Waals surface area contributed by atoms with Gasteiger partial charge in [-0.15, -0.1) is 0 Å². The summed E-state index contributed by atoms with van der Waals surface area (Å²) in [6, 6.07) is 7.53. The molecule has 1 aliphatic carbocycles. The van der Waals surface area contributed by atoms with Crippen molar-refractivity contribution in [2.75, 3.05) is 11.9 Å². The summed E-state index contributed by atoms with van der Waals surface area (Å²) in [4.78, 5) is 32.3. The van der Waals surface area contributed by atoms with Gasteiger partial charge >= 0.3 is 6.03 Å². The van der Waals surface area contributed by atoms with Crippen molar-refractivity contribution in [3.05, 3.63) is 44.9 Å². The minimum Gasteiger partial charge on any atom is -0.335 e. The summed E-state index contributed by atoms with van der Waals surface area (Å²) in [6.45, 7) is 1.17. The lowest BCUT2D eigenvalue weighted by atomic mass is 10.1. The van der Waals surface area contributed by atoms with E-state index in [0.29, 0.717) is 30.2 Å². The lowest BCUT2D eigenvalue weighted by Crippen LogP contribution is -2.36. The molecule has 2 aliphatic rings. The zero-order valence-electron chi connectivity index (χ0n) is 14.8. The van der Waals surface area contributed by atoms with E-state index in [4.69, 9.17) is 0 Å². The summed E-state index contributed by atoms with van der Waals surface area (Å²) < 4.78 is 0.892. The highest BCUT2D eigenvalue weighted by Crippen LogP contribution is 2.29. The number of thiazole rings is 1. The van der Waals surface area contributed by atoms with Crippen LogP contribution in [0, 0.1) is 0 Å². The molecule has 2 N–H and O–H groups in total. The largest absolute Gasteiger partial charge is 0.335 e. The van der Waals surface area contributed by atoms with Crippen molar-refractivity contribution >= 4 is 44.3 Å². The Morgan fingerprint density at radius 1 is 1.26 bits per heavy atom. The first-order valence-corrected chi connectivity index (χ1v) is 10.8. The van der Waals surface area contributed by atoms with Gasteiger partial charge in [0.15, 0.2) is 5.13 Å². The molecule has 27 heavy (non-hydrogen) atoms. The van der Waals surface area contributed by atoms with E-state index in [1.54, 1.807) is 0 Å². The number of nitrogens with one attached hydrogen (secondary N) is 2. The Kier molecular flexibility index (Phi) is 5.45. The second-order valence-electron chi connectivity index (χ2n) is 6.96. The van der Waals surface area contributed by atoms with Crippen molar-refractivity contribution in [3.8, 4) is 0 Å². The van der Waals surface area contributed by atoms with E-state index >= 15 is 0 Å². The Hall–Kier alpha value is -1.93. The van der Waals surface area contributed by atoms with Gasteiger partial charge in [-0.3, -0.25) is 10.1 Å². The third kappa shape index (κ3) is 4.32. The molecular formula is C19H21BrN4O2S. The maximum absolute atomic E-state index is 12.7. The number of nitrogens with zero attached hydrogens (tertiary/aromatic N) is 2. The van der Waals surface area contributed by atoms with Crippen molar-refractivity contribution in [2.45, 2.75) is 44.7 Å². The number of hydrogen-bond donors (Lipinski definition) is 2. The summed E-state index contributed by atoms with van der Waals surface area (Å²) in [5.74, 6) is 0.0174. The van der Waals surface area contributed by atoms with E-state index < -0.39 is 0 Å². The molecule has 8 heteroatoms. The SMILES string of the molecule is O=C(Nc1nc2c(s1)CN(C(=O)c1cccc(Br)c1)CC2)NC1CCCC1. The van der Waals surface area contributed by atoms with E-state index in [1.807, 2.05) is 29.2 Å². The van der Waals surface area contributed by atoms with Crippen LogP contribution in [-0.2, 0) is 13.0 Å². The molecule has 2 heterocycles. The molecule has 0 saturated heterocycles. The van der Waals surface area contributed by atoms with E-state index in [9.17, 15) is 9.59 Å². The van der Waals surface area contributed by atoms with Gasteiger partial charge in [0.05, 0.1) is 12.2 Å². The fourth-order valence-electron chi connectivity index (χ4n) is 3.62. The minimum atomic E-state index is -0.185. The van der Waals surface area contributed by atoms with Crippen LogP contribution in [0.5, 0.6) is 0 Å². The highest BCUT2D eigenvalue weighted by atomic mass is 79.9. The lowest BCUT2D eigenvalue weighted by Gasteiger charge is -2.26. The van der Waals surface area contributed by atoms with Crippen molar-refractivity contribution in [2.24, 2.45) is 0 Å². The first kappa shape index (κ1) is 18.4. The number of carbonyl (C=O) groups is 2. The number of aromatic nitrogens is 1. The average molecular weight is 449 g/mol. The number of halogens is 1. The average Bonchev–Trinajstić information content (AvgIpc) is 3.29. The molecular weight excluding hydrogens is 428 g/mol. The zero-order chi connectivity index (χ0) is 18.8. The van der Waals surface area contributed by atoms with Crippen molar-refractivity contribution < 1.29 is 9.59 Å². The molecule has 1 aromatic carbocycles. The van der Waals surface area contributed by atoms with Gasteiger partial charge in [0.2, 0.25) is 0 Å². The molecule has 1 saturated carbocycles. The Bertz CT molecular complexity index is 863. The molecule has 2 aromatic rings. The summed E-state index contributed by atoms with van der Waals surface area (Å²) in [6.07, 6.45) is 5.16. The number of fused-ring (bicyclic) bond motifs is 1. The predicted octanol–water partition coefficient (Wildman–Crippen LogP) is 4.17. The Labute approximate surface area is 170 Å². The van der Waals surface area contributed by atoms with Crippen LogP contribution in [0.15, 0.2) is 28.7 Å². The van der Waals surface area contributed by atoms with Crippen LogP contribution in [0.4, 0.5) is 9.93 Å². The lowest BCUT2D eigenvalue weighted by molar-refractivity contribution is 0.0736. The molecule has 0 radical (unpaired) electrons. The number of hydrogen-bond acceptors (Lipinski definition) is 4. The Balaban J connectivity index is 1.40. The molecule has 1 aromatic heterocycles. The minimum absolute atomic E-state index is 0.0174. The van der Waals surface area contributed by atoms with Gasteiger partial charge in [-0.2, -0.15) is 0 Å². The standard InChI is InChI=1S/C19H21BrN4O2S/c20-13-5-3-4-12(10-13)17(25)24-9-8-15-16(11-24)27-19(22-15)23-18(26)21-14-6-1-2-7-14/h3-5,10,14H,1-2,6-9,11H2,(H2,21,22,23,26). The first-order valence-electron chi connectivity index (χ1n) is 9.19. The summed E-state index contributed by atoms with van der Waals surface area (Å²) in [5.41, 5.74) is 1.65. The predicted molar refractivity (Wildman–Crippen MR) is 109 cm³/mol.